The highest BCUT2D eigenvalue weighted by molar-refractivity contribution is 8.14. The van der Waals surface area contributed by atoms with Crippen molar-refractivity contribution in [1.82, 2.24) is 10.2 Å². The van der Waals surface area contributed by atoms with Crippen molar-refractivity contribution in [1.29, 1.82) is 0 Å². The van der Waals surface area contributed by atoms with Gasteiger partial charge in [-0.2, -0.15) is 0 Å². The van der Waals surface area contributed by atoms with Crippen LogP contribution in [0.5, 0.6) is 5.75 Å². The molecule has 0 spiro atoms. The third-order valence-corrected chi connectivity index (χ3v) is 4.10. The Morgan fingerprint density at radius 3 is 2.81 bits per heavy atom. The van der Waals surface area contributed by atoms with Crippen LogP contribution in [0.25, 0.3) is 0 Å². The zero-order valence-electron chi connectivity index (χ0n) is 11.9. The Kier molecular flexibility index (Phi) is 5.46. The van der Waals surface area contributed by atoms with E-state index in [-0.39, 0.29) is 16.9 Å². The lowest BCUT2D eigenvalue weighted by Crippen LogP contribution is -2.36. The fourth-order valence-corrected chi connectivity index (χ4v) is 2.84. The molecule has 0 aromatic heterocycles. The first kappa shape index (κ1) is 15.7. The highest BCUT2D eigenvalue weighted by atomic mass is 32.2. The van der Waals surface area contributed by atoms with Crippen LogP contribution in [0.3, 0.4) is 0 Å². The lowest BCUT2D eigenvalue weighted by atomic mass is 10.1. The minimum absolute atomic E-state index is 0.102. The van der Waals surface area contributed by atoms with E-state index in [4.69, 9.17) is 10.5 Å². The predicted molar refractivity (Wildman–Crippen MR) is 83.5 cm³/mol. The highest BCUT2D eigenvalue weighted by Gasteiger charge is 2.28. The van der Waals surface area contributed by atoms with Crippen LogP contribution in [-0.2, 0) is 11.2 Å². The Balaban J connectivity index is 1.69. The number of methoxy groups -OCH3 is 1. The third kappa shape index (κ3) is 4.12. The van der Waals surface area contributed by atoms with E-state index in [1.54, 1.807) is 7.11 Å². The van der Waals surface area contributed by atoms with E-state index in [9.17, 15) is 9.59 Å². The molecule has 0 aliphatic carbocycles. The van der Waals surface area contributed by atoms with Crippen molar-refractivity contribution in [3.63, 3.8) is 0 Å². The van der Waals surface area contributed by atoms with Crippen LogP contribution >= 0.6 is 11.8 Å². The predicted octanol–water partition coefficient (Wildman–Crippen LogP) is 1.10. The maximum Gasteiger partial charge on any atom is 0.288 e. The number of ether oxygens (including phenoxy) is 1. The smallest absolute Gasteiger partial charge is 0.288 e. The van der Waals surface area contributed by atoms with Gasteiger partial charge in [0.15, 0.2) is 0 Å². The summed E-state index contributed by atoms with van der Waals surface area (Å²) in [4.78, 5) is 24.1. The molecule has 114 valence electrons. The average Bonchev–Trinajstić information content (AvgIpc) is 2.78. The molecule has 0 saturated carbocycles. The van der Waals surface area contributed by atoms with E-state index in [1.165, 1.54) is 4.90 Å². The van der Waals surface area contributed by atoms with Crippen molar-refractivity contribution in [2.75, 3.05) is 38.2 Å². The molecule has 1 fully saturated rings. The van der Waals surface area contributed by atoms with E-state index in [2.05, 4.69) is 5.32 Å². The summed E-state index contributed by atoms with van der Waals surface area (Å²) in [5, 5.41) is 3.07. The molecular weight excluding hydrogens is 290 g/mol. The van der Waals surface area contributed by atoms with Gasteiger partial charge < -0.3 is 15.8 Å². The van der Waals surface area contributed by atoms with Crippen molar-refractivity contribution in [3.8, 4) is 5.75 Å². The van der Waals surface area contributed by atoms with Gasteiger partial charge in [-0.3, -0.25) is 14.5 Å². The van der Waals surface area contributed by atoms with Gasteiger partial charge in [0, 0.05) is 13.1 Å². The summed E-state index contributed by atoms with van der Waals surface area (Å²) in [7, 11) is 1.59. The Hall–Kier alpha value is -1.73. The maximum atomic E-state index is 11.4. The first-order valence-corrected chi connectivity index (χ1v) is 7.70. The van der Waals surface area contributed by atoms with Crippen LogP contribution in [0.1, 0.15) is 5.56 Å². The Bertz CT molecular complexity index is 520. The Morgan fingerprint density at radius 1 is 1.38 bits per heavy atom. The van der Waals surface area contributed by atoms with Gasteiger partial charge in [-0.25, -0.2) is 0 Å². The van der Waals surface area contributed by atoms with Crippen molar-refractivity contribution in [2.45, 2.75) is 6.42 Å². The number of nitrogens with zero attached hydrogens (tertiary/aromatic N) is 1. The number of nitrogens with one attached hydrogen (secondary N) is 1. The number of hydrogen-bond donors (Lipinski definition) is 2. The van der Waals surface area contributed by atoms with E-state index in [0.717, 1.165) is 30.3 Å². The van der Waals surface area contributed by atoms with Crippen LogP contribution in [0.2, 0.25) is 0 Å². The number of amides is 2. The normalized spacial score (nSPS) is 14.8. The number of carbonyl (C=O) groups is 2. The van der Waals surface area contributed by atoms with Gasteiger partial charge in [-0.05, 0) is 30.7 Å². The number of thioether (sulfide) groups is 1. The molecule has 1 aliphatic heterocycles. The fraction of sp³-hybridized carbons (Fsp3) is 0.429. The number of anilines is 1. The second-order valence-corrected chi connectivity index (χ2v) is 5.60. The van der Waals surface area contributed by atoms with E-state index in [0.29, 0.717) is 24.5 Å². The van der Waals surface area contributed by atoms with E-state index < -0.39 is 0 Å². The van der Waals surface area contributed by atoms with Crippen LogP contribution in [0, 0.1) is 0 Å². The monoisotopic (exact) mass is 309 g/mol. The number of carbonyl (C=O) groups excluding carboxylic acids is 2. The van der Waals surface area contributed by atoms with Gasteiger partial charge in [0.25, 0.3) is 5.24 Å². The first-order valence-electron chi connectivity index (χ1n) is 6.72. The van der Waals surface area contributed by atoms with Crippen LogP contribution in [-0.4, -0.2) is 48.5 Å². The highest BCUT2D eigenvalue weighted by Crippen LogP contribution is 2.22. The molecule has 2 amide bonds. The molecule has 0 radical (unpaired) electrons. The van der Waals surface area contributed by atoms with Crippen molar-refractivity contribution < 1.29 is 14.3 Å². The lowest BCUT2D eigenvalue weighted by molar-refractivity contribution is -0.124. The minimum atomic E-state index is -0.148. The molecule has 1 aromatic rings. The lowest BCUT2D eigenvalue weighted by Gasteiger charge is -2.13. The van der Waals surface area contributed by atoms with Crippen LogP contribution in [0.4, 0.5) is 10.5 Å². The van der Waals surface area contributed by atoms with Gasteiger partial charge in [-0.1, -0.05) is 17.8 Å². The molecule has 2 rings (SSSR count). The van der Waals surface area contributed by atoms with Crippen molar-refractivity contribution >= 4 is 28.6 Å². The molecule has 0 unspecified atom stereocenters. The Labute approximate surface area is 128 Å². The molecule has 3 N–H and O–H groups in total. The van der Waals surface area contributed by atoms with Crippen molar-refractivity contribution in [3.05, 3.63) is 23.8 Å². The van der Waals surface area contributed by atoms with Crippen LogP contribution in [0.15, 0.2) is 18.2 Å². The van der Waals surface area contributed by atoms with E-state index >= 15 is 0 Å². The number of benzene rings is 1. The maximum absolute atomic E-state index is 11.4. The quantitative estimate of drug-likeness (QED) is 0.580. The molecule has 0 atom stereocenters. The molecule has 7 heteroatoms. The molecule has 1 saturated heterocycles. The van der Waals surface area contributed by atoms with Gasteiger partial charge >= 0.3 is 0 Å². The van der Waals surface area contributed by atoms with Gasteiger partial charge in [-0.15, -0.1) is 0 Å². The summed E-state index contributed by atoms with van der Waals surface area (Å²) < 4.78 is 5.11. The largest absolute Gasteiger partial charge is 0.495 e. The van der Waals surface area contributed by atoms with Gasteiger partial charge in [0.05, 0.1) is 18.6 Å². The fourth-order valence-electron chi connectivity index (χ4n) is 2.09. The number of nitrogen functional groups attached to an aromatic ring is 1. The first-order chi connectivity index (χ1) is 10.1. The third-order valence-electron chi connectivity index (χ3n) is 3.24. The Morgan fingerprint density at radius 2 is 2.19 bits per heavy atom. The van der Waals surface area contributed by atoms with Crippen molar-refractivity contribution in [2.24, 2.45) is 0 Å². The summed E-state index contributed by atoms with van der Waals surface area (Å²) in [6.45, 7) is 1.79. The summed E-state index contributed by atoms with van der Waals surface area (Å²) in [5.41, 5.74) is 7.59. The standard InChI is InChI=1S/C14H19N3O3S/c1-20-12-3-2-10(8-11(12)15)4-5-16-6-7-17-13(18)9-21-14(17)19/h2-3,8,16H,4-7,9,15H2,1H3. The molecule has 1 aliphatic rings. The number of imide groups is 1. The molecule has 6 nitrogen and oxygen atoms in total. The van der Waals surface area contributed by atoms with Crippen LogP contribution < -0.4 is 15.8 Å². The zero-order chi connectivity index (χ0) is 15.2. The number of hydrogen-bond acceptors (Lipinski definition) is 6. The summed E-state index contributed by atoms with van der Waals surface area (Å²) >= 11 is 1.06. The number of nitrogens with two attached hydrogens (primary N) is 1. The summed E-state index contributed by atoms with van der Waals surface area (Å²) in [5.74, 6) is 0.842. The van der Waals surface area contributed by atoms with E-state index in [1.807, 2.05) is 18.2 Å². The molecule has 0 bridgehead atoms. The van der Waals surface area contributed by atoms with Gasteiger partial charge in [0.1, 0.15) is 5.75 Å². The average molecular weight is 309 g/mol. The summed E-state index contributed by atoms with van der Waals surface area (Å²) in [6.07, 6.45) is 0.824. The second-order valence-electron chi connectivity index (χ2n) is 4.68. The molecule has 1 aromatic carbocycles. The number of rotatable bonds is 7. The zero-order valence-corrected chi connectivity index (χ0v) is 12.7. The minimum Gasteiger partial charge on any atom is -0.495 e. The summed E-state index contributed by atoms with van der Waals surface area (Å²) in [6, 6.07) is 5.72. The molecule has 21 heavy (non-hydrogen) atoms. The SMILES string of the molecule is COc1ccc(CCNCCN2C(=O)CSC2=O)cc1N. The molecular formula is C14H19N3O3S. The molecule has 1 heterocycles. The topological polar surface area (TPSA) is 84.7 Å². The second kappa shape index (κ2) is 7.33. The van der Waals surface area contributed by atoms with Gasteiger partial charge in [0.2, 0.25) is 5.91 Å².